The smallest absolute Gasteiger partial charge is 0.290 e. The molecule has 0 bridgehead atoms. The Hall–Kier alpha value is -2.67. The van der Waals surface area contributed by atoms with Crippen LogP contribution < -0.4 is 5.32 Å². The van der Waals surface area contributed by atoms with Crippen molar-refractivity contribution in [3.63, 3.8) is 0 Å². The first-order valence-corrected chi connectivity index (χ1v) is 9.71. The van der Waals surface area contributed by atoms with Crippen molar-refractivity contribution in [3.8, 4) is 11.3 Å². The van der Waals surface area contributed by atoms with Gasteiger partial charge in [0.15, 0.2) is 5.76 Å². The third-order valence-electron chi connectivity index (χ3n) is 5.74. The molecule has 6 nitrogen and oxygen atoms in total. The number of likely N-dealkylation sites (tertiary alicyclic amines) is 1. The van der Waals surface area contributed by atoms with Crippen LogP contribution in [0.3, 0.4) is 0 Å². The zero-order valence-electron chi connectivity index (χ0n) is 15.3. The van der Waals surface area contributed by atoms with Gasteiger partial charge in [-0.1, -0.05) is 12.1 Å². The van der Waals surface area contributed by atoms with E-state index in [9.17, 15) is 14.0 Å². The van der Waals surface area contributed by atoms with Gasteiger partial charge in [0.05, 0.1) is 17.7 Å². The van der Waals surface area contributed by atoms with Crippen molar-refractivity contribution < 1.29 is 23.1 Å². The summed E-state index contributed by atoms with van der Waals surface area (Å²) in [6.45, 7) is 0.578. The fourth-order valence-corrected chi connectivity index (χ4v) is 4.18. The highest BCUT2D eigenvalue weighted by Crippen LogP contribution is 2.36. The van der Waals surface area contributed by atoms with Gasteiger partial charge in [-0.2, -0.15) is 0 Å². The lowest BCUT2D eigenvalue weighted by atomic mass is 10.1. The average Bonchev–Trinajstić information content (AvgIpc) is 3.10. The SMILES string of the molecule is O=C(NC1CC1)[C@@H]1C[C@@H]2OCC[C@@H]2N1C(=O)c1ccc(-c2ccccc2F)o1. The molecule has 146 valence electrons. The average molecular weight is 384 g/mol. The van der Waals surface area contributed by atoms with Gasteiger partial charge in [-0.3, -0.25) is 9.59 Å². The Morgan fingerprint density at radius 3 is 2.71 bits per heavy atom. The van der Waals surface area contributed by atoms with Gasteiger partial charge in [-0.05, 0) is 43.5 Å². The molecular formula is C21H21FN2O4. The van der Waals surface area contributed by atoms with E-state index in [-0.39, 0.29) is 35.8 Å². The molecule has 3 heterocycles. The number of carbonyl (C=O) groups is 2. The van der Waals surface area contributed by atoms with E-state index in [0.29, 0.717) is 30.8 Å². The number of nitrogens with one attached hydrogen (secondary N) is 1. The summed E-state index contributed by atoms with van der Waals surface area (Å²) in [5.41, 5.74) is 0.299. The highest BCUT2D eigenvalue weighted by atomic mass is 19.1. The number of hydrogen-bond acceptors (Lipinski definition) is 4. The maximum Gasteiger partial charge on any atom is 0.290 e. The number of hydrogen-bond donors (Lipinski definition) is 1. The first-order valence-electron chi connectivity index (χ1n) is 9.71. The molecule has 2 aliphatic heterocycles. The molecule has 3 fully saturated rings. The largest absolute Gasteiger partial charge is 0.451 e. The van der Waals surface area contributed by atoms with Crippen LogP contribution in [0.4, 0.5) is 4.39 Å². The molecule has 5 rings (SSSR count). The number of rotatable bonds is 4. The van der Waals surface area contributed by atoms with Crippen LogP contribution in [0.1, 0.15) is 36.2 Å². The van der Waals surface area contributed by atoms with Crippen LogP contribution in [-0.4, -0.2) is 47.6 Å². The molecule has 28 heavy (non-hydrogen) atoms. The number of ether oxygens (including phenoxy) is 1. The third kappa shape index (κ3) is 2.99. The topological polar surface area (TPSA) is 71.8 Å². The van der Waals surface area contributed by atoms with Gasteiger partial charge in [0.2, 0.25) is 5.91 Å². The van der Waals surface area contributed by atoms with Gasteiger partial charge >= 0.3 is 0 Å². The summed E-state index contributed by atoms with van der Waals surface area (Å²) >= 11 is 0. The van der Waals surface area contributed by atoms with Crippen molar-refractivity contribution in [2.45, 2.75) is 49.9 Å². The second-order valence-electron chi connectivity index (χ2n) is 7.66. The van der Waals surface area contributed by atoms with Gasteiger partial charge in [0.1, 0.15) is 17.6 Å². The molecular weight excluding hydrogens is 363 g/mol. The van der Waals surface area contributed by atoms with Crippen molar-refractivity contribution in [3.05, 3.63) is 48.0 Å². The molecule has 1 saturated carbocycles. The van der Waals surface area contributed by atoms with Crippen molar-refractivity contribution in [1.29, 1.82) is 0 Å². The molecule has 0 radical (unpaired) electrons. The van der Waals surface area contributed by atoms with E-state index < -0.39 is 11.9 Å². The summed E-state index contributed by atoms with van der Waals surface area (Å²) in [6.07, 6.45) is 3.04. The highest BCUT2D eigenvalue weighted by Gasteiger charge is 2.51. The van der Waals surface area contributed by atoms with Gasteiger partial charge in [0.25, 0.3) is 5.91 Å². The van der Waals surface area contributed by atoms with Crippen molar-refractivity contribution in [2.24, 2.45) is 0 Å². The molecule has 1 aromatic carbocycles. The molecule has 0 unspecified atom stereocenters. The fraction of sp³-hybridized carbons (Fsp3) is 0.429. The normalized spacial score (nSPS) is 26.3. The van der Waals surface area contributed by atoms with Crippen LogP contribution in [0.25, 0.3) is 11.3 Å². The maximum atomic E-state index is 14.0. The fourth-order valence-electron chi connectivity index (χ4n) is 4.18. The minimum absolute atomic E-state index is 0.107. The standard InChI is InChI=1S/C21H21FN2O4/c22-14-4-2-1-3-13(14)17-7-8-18(28-17)21(26)24-15-9-10-27-19(15)11-16(24)20(25)23-12-5-6-12/h1-4,7-8,12,15-16,19H,5-6,9-11H2,(H,23,25)/t15-,16-,19-/m0/s1. The number of amides is 2. The number of carbonyl (C=O) groups excluding carboxylic acids is 2. The molecule has 1 aromatic heterocycles. The molecule has 1 N–H and O–H groups in total. The highest BCUT2D eigenvalue weighted by molar-refractivity contribution is 5.97. The Balaban J connectivity index is 1.42. The monoisotopic (exact) mass is 384 g/mol. The molecule has 2 saturated heterocycles. The van der Waals surface area contributed by atoms with Gasteiger partial charge in [-0.15, -0.1) is 0 Å². The molecule has 1 aliphatic carbocycles. The van der Waals surface area contributed by atoms with Gasteiger partial charge in [-0.25, -0.2) is 4.39 Å². The van der Waals surface area contributed by atoms with E-state index >= 15 is 0 Å². The van der Waals surface area contributed by atoms with Crippen molar-refractivity contribution in [2.75, 3.05) is 6.61 Å². The number of halogens is 1. The van der Waals surface area contributed by atoms with E-state index in [0.717, 1.165) is 12.8 Å². The number of nitrogens with zero attached hydrogens (tertiary/aromatic N) is 1. The van der Waals surface area contributed by atoms with Crippen LogP contribution in [0.5, 0.6) is 0 Å². The van der Waals surface area contributed by atoms with E-state index in [1.54, 1.807) is 35.2 Å². The Kier molecular flexibility index (Phi) is 4.19. The van der Waals surface area contributed by atoms with Crippen LogP contribution in [0.15, 0.2) is 40.8 Å². The zero-order chi connectivity index (χ0) is 19.3. The summed E-state index contributed by atoms with van der Waals surface area (Å²) in [6, 6.07) is 8.91. The minimum atomic E-state index is -0.564. The molecule has 2 amide bonds. The van der Waals surface area contributed by atoms with Crippen LogP contribution in [0.2, 0.25) is 0 Å². The predicted octanol–water partition coefficient (Wildman–Crippen LogP) is 2.74. The van der Waals surface area contributed by atoms with Crippen molar-refractivity contribution >= 4 is 11.8 Å². The van der Waals surface area contributed by atoms with Crippen LogP contribution in [-0.2, 0) is 9.53 Å². The molecule has 2 aromatic rings. The summed E-state index contributed by atoms with van der Waals surface area (Å²) in [5.74, 6) is -0.497. The second-order valence-corrected chi connectivity index (χ2v) is 7.66. The summed E-state index contributed by atoms with van der Waals surface area (Å²) < 4.78 is 25.5. The number of furan rings is 1. The van der Waals surface area contributed by atoms with E-state index in [4.69, 9.17) is 9.15 Å². The summed E-state index contributed by atoms with van der Waals surface area (Å²) in [7, 11) is 0. The Morgan fingerprint density at radius 1 is 1.11 bits per heavy atom. The third-order valence-corrected chi connectivity index (χ3v) is 5.74. The van der Waals surface area contributed by atoms with E-state index in [1.165, 1.54) is 6.07 Å². The molecule has 7 heteroatoms. The molecule has 3 aliphatic rings. The first-order chi connectivity index (χ1) is 13.6. The number of benzene rings is 1. The van der Waals surface area contributed by atoms with Crippen LogP contribution in [0, 0.1) is 5.82 Å². The van der Waals surface area contributed by atoms with Gasteiger partial charge in [0, 0.05) is 19.1 Å². The molecule has 0 spiro atoms. The van der Waals surface area contributed by atoms with E-state index in [1.807, 2.05) is 0 Å². The van der Waals surface area contributed by atoms with Gasteiger partial charge < -0.3 is 19.4 Å². The summed E-state index contributed by atoms with van der Waals surface area (Å²) in [4.78, 5) is 27.6. The number of fused-ring (bicyclic) bond motifs is 1. The summed E-state index contributed by atoms with van der Waals surface area (Å²) in [5, 5.41) is 2.99. The van der Waals surface area contributed by atoms with Crippen molar-refractivity contribution in [1.82, 2.24) is 10.2 Å². The zero-order valence-corrected chi connectivity index (χ0v) is 15.3. The van der Waals surface area contributed by atoms with E-state index in [2.05, 4.69) is 5.32 Å². The lowest BCUT2D eigenvalue weighted by Gasteiger charge is -2.27. The second kappa shape index (κ2) is 6.74. The Bertz CT molecular complexity index is 923. The predicted molar refractivity (Wildman–Crippen MR) is 98.0 cm³/mol. The Morgan fingerprint density at radius 2 is 1.93 bits per heavy atom. The molecule has 3 atom stereocenters. The lowest BCUT2D eigenvalue weighted by molar-refractivity contribution is -0.125. The quantitative estimate of drug-likeness (QED) is 0.880. The van der Waals surface area contributed by atoms with Crippen LogP contribution >= 0.6 is 0 Å². The Labute approximate surface area is 161 Å². The maximum absolute atomic E-state index is 14.0. The lowest BCUT2D eigenvalue weighted by Crippen LogP contribution is -2.49. The first kappa shape index (κ1) is 17.4. The minimum Gasteiger partial charge on any atom is -0.451 e.